The molecule has 154 valence electrons. The molecule has 1 fully saturated rings. The van der Waals surface area contributed by atoms with Crippen LogP contribution in [0, 0.1) is 5.92 Å². The molecular weight excluding hydrogens is 376 g/mol. The van der Waals surface area contributed by atoms with Crippen LogP contribution in [0.5, 0.6) is 0 Å². The largest absolute Gasteiger partial charge is 0.381 e. The highest BCUT2D eigenvalue weighted by molar-refractivity contribution is 7.89. The Balaban J connectivity index is 1.61. The van der Waals surface area contributed by atoms with Crippen LogP contribution in [-0.4, -0.2) is 48.0 Å². The van der Waals surface area contributed by atoms with Gasteiger partial charge in [-0.25, -0.2) is 8.42 Å². The molecule has 8 heteroatoms. The Morgan fingerprint density at radius 2 is 1.93 bits per heavy atom. The minimum atomic E-state index is -3.56. The van der Waals surface area contributed by atoms with E-state index in [1.807, 2.05) is 18.3 Å². The molecule has 1 saturated heterocycles. The third kappa shape index (κ3) is 5.40. The van der Waals surface area contributed by atoms with Gasteiger partial charge < -0.3 is 4.74 Å². The van der Waals surface area contributed by atoms with Gasteiger partial charge in [0.1, 0.15) is 0 Å². The number of aryl methyl sites for hydroxylation is 1. The number of hydrogen-bond donors (Lipinski definition) is 0. The highest BCUT2D eigenvalue weighted by atomic mass is 32.2. The summed E-state index contributed by atoms with van der Waals surface area (Å²) >= 11 is 0. The second kappa shape index (κ2) is 9.62. The summed E-state index contributed by atoms with van der Waals surface area (Å²) in [7, 11) is -1.98. The first-order valence-electron chi connectivity index (χ1n) is 10.0. The third-order valence-electron chi connectivity index (χ3n) is 5.21. The van der Waals surface area contributed by atoms with Crippen LogP contribution in [-0.2, 0) is 34.3 Å². The summed E-state index contributed by atoms with van der Waals surface area (Å²) in [6.07, 6.45) is 7.04. The molecule has 2 heterocycles. The molecule has 3 rings (SSSR count). The summed E-state index contributed by atoms with van der Waals surface area (Å²) in [5.74, 6) is 0.620. The van der Waals surface area contributed by atoms with Crippen molar-refractivity contribution in [2.24, 2.45) is 5.92 Å². The zero-order chi connectivity index (χ0) is 20.0. The molecule has 0 aliphatic carbocycles. The van der Waals surface area contributed by atoms with E-state index in [4.69, 9.17) is 4.74 Å². The van der Waals surface area contributed by atoms with Gasteiger partial charge in [0.05, 0.1) is 17.1 Å². The Kier molecular flexibility index (Phi) is 7.20. The SMILES string of the molecule is CCCCn1cc(CN(C)S(=O)(=O)c2ccc(CC3CCOCC3)cc2)nn1. The molecule has 1 aliphatic rings. The van der Waals surface area contributed by atoms with Crippen molar-refractivity contribution in [2.45, 2.75) is 57.0 Å². The zero-order valence-electron chi connectivity index (χ0n) is 16.7. The lowest BCUT2D eigenvalue weighted by Gasteiger charge is -2.22. The average Bonchev–Trinajstić information content (AvgIpc) is 3.15. The van der Waals surface area contributed by atoms with Crippen molar-refractivity contribution < 1.29 is 13.2 Å². The maximum absolute atomic E-state index is 12.9. The summed E-state index contributed by atoms with van der Waals surface area (Å²) in [6, 6.07) is 7.27. The van der Waals surface area contributed by atoms with Crippen molar-refractivity contribution >= 4 is 10.0 Å². The van der Waals surface area contributed by atoms with Crippen molar-refractivity contribution in [3.8, 4) is 0 Å². The van der Waals surface area contributed by atoms with E-state index in [1.165, 1.54) is 9.87 Å². The minimum absolute atomic E-state index is 0.207. The van der Waals surface area contributed by atoms with Gasteiger partial charge in [0.2, 0.25) is 10.0 Å². The van der Waals surface area contributed by atoms with Crippen molar-refractivity contribution in [2.75, 3.05) is 20.3 Å². The van der Waals surface area contributed by atoms with E-state index < -0.39 is 10.0 Å². The van der Waals surface area contributed by atoms with Crippen LogP contribution in [0.25, 0.3) is 0 Å². The fourth-order valence-corrected chi connectivity index (χ4v) is 4.56. The molecule has 1 aromatic heterocycles. The molecule has 0 radical (unpaired) electrons. The topological polar surface area (TPSA) is 77.3 Å². The molecule has 0 saturated carbocycles. The number of unbranched alkanes of at least 4 members (excludes halogenated alkanes) is 1. The molecule has 0 unspecified atom stereocenters. The van der Waals surface area contributed by atoms with Crippen LogP contribution >= 0.6 is 0 Å². The number of hydrogen-bond acceptors (Lipinski definition) is 5. The van der Waals surface area contributed by atoms with Crippen LogP contribution in [0.4, 0.5) is 0 Å². The number of aromatic nitrogens is 3. The second-order valence-electron chi connectivity index (χ2n) is 7.49. The second-order valence-corrected chi connectivity index (χ2v) is 9.54. The van der Waals surface area contributed by atoms with E-state index in [9.17, 15) is 8.42 Å². The molecule has 28 heavy (non-hydrogen) atoms. The van der Waals surface area contributed by atoms with Gasteiger partial charge in [0.15, 0.2) is 0 Å². The Morgan fingerprint density at radius 1 is 1.21 bits per heavy atom. The molecule has 0 atom stereocenters. The van der Waals surface area contributed by atoms with Crippen molar-refractivity contribution in [1.82, 2.24) is 19.3 Å². The Hall–Kier alpha value is -1.77. The van der Waals surface area contributed by atoms with Gasteiger partial charge >= 0.3 is 0 Å². The fourth-order valence-electron chi connectivity index (χ4n) is 3.41. The average molecular weight is 407 g/mol. The lowest BCUT2D eigenvalue weighted by atomic mass is 9.92. The van der Waals surface area contributed by atoms with Crippen LogP contribution in [0.15, 0.2) is 35.4 Å². The van der Waals surface area contributed by atoms with E-state index in [0.29, 0.717) is 16.5 Å². The summed E-state index contributed by atoms with van der Waals surface area (Å²) in [4.78, 5) is 0.309. The highest BCUT2D eigenvalue weighted by Crippen LogP contribution is 2.22. The quantitative estimate of drug-likeness (QED) is 0.640. The van der Waals surface area contributed by atoms with Gasteiger partial charge in [-0.2, -0.15) is 4.31 Å². The number of benzene rings is 1. The van der Waals surface area contributed by atoms with Gasteiger partial charge in [-0.05, 0) is 49.3 Å². The lowest BCUT2D eigenvalue weighted by Crippen LogP contribution is -2.26. The number of rotatable bonds is 9. The monoisotopic (exact) mass is 406 g/mol. The predicted octanol–water partition coefficient (Wildman–Crippen LogP) is 2.87. The van der Waals surface area contributed by atoms with Gasteiger partial charge in [-0.3, -0.25) is 4.68 Å². The Morgan fingerprint density at radius 3 is 2.61 bits per heavy atom. The molecule has 0 bridgehead atoms. The van der Waals surface area contributed by atoms with Crippen molar-refractivity contribution in [1.29, 1.82) is 0 Å². The lowest BCUT2D eigenvalue weighted by molar-refractivity contribution is 0.0665. The maximum atomic E-state index is 12.9. The van der Waals surface area contributed by atoms with Crippen molar-refractivity contribution in [3.63, 3.8) is 0 Å². The zero-order valence-corrected chi connectivity index (χ0v) is 17.6. The van der Waals surface area contributed by atoms with Crippen LogP contribution in [0.2, 0.25) is 0 Å². The number of nitrogens with zero attached hydrogens (tertiary/aromatic N) is 4. The highest BCUT2D eigenvalue weighted by Gasteiger charge is 2.22. The van der Waals surface area contributed by atoms with E-state index in [0.717, 1.165) is 51.9 Å². The summed E-state index contributed by atoms with van der Waals surface area (Å²) in [6.45, 7) is 4.77. The first kappa shape index (κ1) is 21.0. The van der Waals surface area contributed by atoms with Crippen molar-refractivity contribution in [3.05, 3.63) is 41.7 Å². The first-order chi connectivity index (χ1) is 13.5. The van der Waals surface area contributed by atoms with Crippen LogP contribution in [0.3, 0.4) is 0 Å². The molecule has 0 amide bonds. The first-order valence-corrected chi connectivity index (χ1v) is 11.4. The van der Waals surface area contributed by atoms with E-state index >= 15 is 0 Å². The molecule has 0 spiro atoms. The molecule has 7 nitrogen and oxygen atoms in total. The molecule has 1 aliphatic heterocycles. The van der Waals surface area contributed by atoms with Gasteiger partial charge in [0.25, 0.3) is 0 Å². The van der Waals surface area contributed by atoms with Crippen LogP contribution < -0.4 is 0 Å². The molecular formula is C20H30N4O3S. The molecule has 2 aromatic rings. The minimum Gasteiger partial charge on any atom is -0.381 e. The molecule has 1 aromatic carbocycles. The smallest absolute Gasteiger partial charge is 0.243 e. The van der Waals surface area contributed by atoms with E-state index in [2.05, 4.69) is 17.2 Å². The number of ether oxygens (including phenoxy) is 1. The summed E-state index contributed by atoms with van der Waals surface area (Å²) < 4.78 is 34.2. The Labute approximate surface area is 167 Å². The standard InChI is InChI=1S/C20H30N4O3S/c1-3-4-11-24-16-19(21-22-24)15-23(2)28(25,26)20-7-5-17(6-8-20)14-18-9-12-27-13-10-18/h5-8,16,18H,3-4,9-15H2,1-2H3. The Bertz CT molecular complexity index is 843. The van der Waals surface area contributed by atoms with E-state index in [1.54, 1.807) is 23.9 Å². The molecule has 0 N–H and O–H groups in total. The van der Waals surface area contributed by atoms with Gasteiger partial charge in [-0.15, -0.1) is 5.10 Å². The predicted molar refractivity (Wildman–Crippen MR) is 107 cm³/mol. The van der Waals surface area contributed by atoms with E-state index in [-0.39, 0.29) is 6.54 Å². The number of sulfonamides is 1. The third-order valence-corrected chi connectivity index (χ3v) is 7.03. The summed E-state index contributed by atoms with van der Waals surface area (Å²) in [5.41, 5.74) is 1.82. The summed E-state index contributed by atoms with van der Waals surface area (Å²) in [5, 5.41) is 8.16. The fraction of sp³-hybridized carbons (Fsp3) is 0.600. The maximum Gasteiger partial charge on any atom is 0.243 e. The van der Waals surface area contributed by atoms with Crippen LogP contribution in [0.1, 0.15) is 43.9 Å². The normalized spacial score (nSPS) is 16.0. The van der Waals surface area contributed by atoms with Gasteiger partial charge in [0, 0.05) is 33.0 Å². The van der Waals surface area contributed by atoms with Gasteiger partial charge in [-0.1, -0.05) is 30.7 Å².